The molecule has 0 unspecified atom stereocenters. The van der Waals surface area contributed by atoms with E-state index in [2.05, 4.69) is 10.3 Å². The van der Waals surface area contributed by atoms with E-state index in [4.69, 9.17) is 11.0 Å². The molecule has 1 aromatic carbocycles. The van der Waals surface area contributed by atoms with Gasteiger partial charge < -0.3 is 16.2 Å². The van der Waals surface area contributed by atoms with Gasteiger partial charge in [0.1, 0.15) is 23.5 Å². The van der Waals surface area contributed by atoms with Crippen LogP contribution in [0, 0.1) is 18.3 Å². The summed E-state index contributed by atoms with van der Waals surface area (Å²) in [6.07, 6.45) is 0. The molecule has 0 aliphatic carbocycles. The van der Waals surface area contributed by atoms with Crippen molar-refractivity contribution in [3.63, 3.8) is 0 Å². The van der Waals surface area contributed by atoms with E-state index < -0.39 is 0 Å². The molecule has 5 heteroatoms. The number of aryl methyl sites for hydroxylation is 1. The highest BCUT2D eigenvalue weighted by atomic mass is 16.3. The topological polar surface area (TPSA) is 95.0 Å². The van der Waals surface area contributed by atoms with Crippen LogP contribution in [0.1, 0.15) is 11.1 Å². The largest absolute Gasteiger partial charge is 0.508 e. The number of benzene rings is 1. The van der Waals surface area contributed by atoms with Crippen LogP contribution in [0.2, 0.25) is 0 Å². The lowest BCUT2D eigenvalue weighted by atomic mass is 10.1. The maximum atomic E-state index is 9.18. The summed E-state index contributed by atoms with van der Waals surface area (Å²) < 4.78 is 0. The third kappa shape index (κ3) is 2.33. The second-order valence-electron chi connectivity index (χ2n) is 3.87. The molecule has 90 valence electrons. The summed E-state index contributed by atoms with van der Waals surface area (Å²) in [7, 11) is 0. The number of nitrogens with two attached hydrogens (primary N) is 1. The minimum Gasteiger partial charge on any atom is -0.508 e. The van der Waals surface area contributed by atoms with Gasteiger partial charge in [-0.1, -0.05) is 0 Å². The molecule has 1 aromatic heterocycles. The Morgan fingerprint density at radius 3 is 2.56 bits per heavy atom. The van der Waals surface area contributed by atoms with Crippen LogP contribution in [0.4, 0.5) is 17.3 Å². The van der Waals surface area contributed by atoms with Crippen LogP contribution in [-0.2, 0) is 0 Å². The molecular formula is C13H12N4O. The zero-order valence-electron chi connectivity index (χ0n) is 9.81. The Kier molecular flexibility index (Phi) is 3.02. The van der Waals surface area contributed by atoms with Crippen LogP contribution in [0.25, 0.3) is 0 Å². The van der Waals surface area contributed by atoms with Crippen molar-refractivity contribution in [1.29, 1.82) is 5.26 Å². The summed E-state index contributed by atoms with van der Waals surface area (Å²) in [6.45, 7) is 1.80. The van der Waals surface area contributed by atoms with Gasteiger partial charge in [0, 0.05) is 5.69 Å². The first kappa shape index (κ1) is 11.7. The molecule has 0 fully saturated rings. The summed E-state index contributed by atoms with van der Waals surface area (Å²) >= 11 is 0. The third-order valence-electron chi connectivity index (χ3n) is 2.50. The van der Waals surface area contributed by atoms with Crippen molar-refractivity contribution >= 4 is 17.3 Å². The minimum atomic E-state index is 0.198. The van der Waals surface area contributed by atoms with Gasteiger partial charge in [0.25, 0.3) is 0 Å². The van der Waals surface area contributed by atoms with Crippen molar-refractivity contribution in [3.8, 4) is 11.8 Å². The van der Waals surface area contributed by atoms with E-state index in [1.807, 2.05) is 6.07 Å². The lowest BCUT2D eigenvalue weighted by Crippen LogP contribution is -2.01. The Morgan fingerprint density at radius 2 is 2.00 bits per heavy atom. The average Bonchev–Trinajstić information content (AvgIpc) is 2.32. The van der Waals surface area contributed by atoms with E-state index in [1.54, 1.807) is 37.3 Å². The van der Waals surface area contributed by atoms with Gasteiger partial charge in [-0.05, 0) is 42.8 Å². The molecule has 0 spiro atoms. The number of hydrogen-bond acceptors (Lipinski definition) is 5. The Labute approximate surface area is 105 Å². The molecule has 0 bridgehead atoms. The molecule has 0 aliphatic heterocycles. The quantitative estimate of drug-likeness (QED) is 0.700. The Bertz CT molecular complexity index is 591. The summed E-state index contributed by atoms with van der Waals surface area (Å²) in [5.74, 6) is 0.970. The lowest BCUT2D eigenvalue weighted by Gasteiger charge is -2.09. The highest BCUT2D eigenvalue weighted by Crippen LogP contribution is 2.22. The van der Waals surface area contributed by atoms with E-state index in [9.17, 15) is 5.11 Å². The molecule has 0 radical (unpaired) electrons. The summed E-state index contributed by atoms with van der Waals surface area (Å²) in [5.41, 5.74) is 7.64. The predicted octanol–water partition coefficient (Wildman–Crippen LogP) is 2.29. The van der Waals surface area contributed by atoms with Crippen LogP contribution in [0.3, 0.4) is 0 Å². The van der Waals surface area contributed by atoms with E-state index in [1.165, 1.54) is 0 Å². The zero-order chi connectivity index (χ0) is 13.1. The molecular weight excluding hydrogens is 228 g/mol. The fourth-order valence-electron chi connectivity index (χ4n) is 1.60. The monoisotopic (exact) mass is 240 g/mol. The normalized spacial score (nSPS) is 9.78. The number of phenols is 1. The van der Waals surface area contributed by atoms with Gasteiger partial charge in [0.15, 0.2) is 0 Å². The molecule has 1 heterocycles. The molecule has 0 aliphatic rings. The lowest BCUT2D eigenvalue weighted by molar-refractivity contribution is 0.475. The van der Waals surface area contributed by atoms with Gasteiger partial charge in [-0.15, -0.1) is 0 Å². The van der Waals surface area contributed by atoms with Crippen LogP contribution in [-0.4, -0.2) is 10.1 Å². The molecule has 2 rings (SSSR count). The number of anilines is 3. The van der Waals surface area contributed by atoms with Crippen LogP contribution >= 0.6 is 0 Å². The number of pyridine rings is 1. The van der Waals surface area contributed by atoms with Crippen molar-refractivity contribution in [2.45, 2.75) is 6.92 Å². The van der Waals surface area contributed by atoms with E-state index in [-0.39, 0.29) is 11.6 Å². The molecule has 4 N–H and O–H groups in total. The number of hydrogen-bond donors (Lipinski definition) is 3. The fourth-order valence-corrected chi connectivity index (χ4v) is 1.60. The van der Waals surface area contributed by atoms with Crippen molar-refractivity contribution in [2.24, 2.45) is 0 Å². The first-order valence-electron chi connectivity index (χ1n) is 5.33. The molecule has 0 amide bonds. The highest BCUT2D eigenvalue weighted by molar-refractivity contribution is 5.63. The zero-order valence-corrected chi connectivity index (χ0v) is 9.81. The smallest absolute Gasteiger partial charge is 0.144 e. The fraction of sp³-hybridized carbons (Fsp3) is 0.0769. The van der Waals surface area contributed by atoms with Gasteiger partial charge in [-0.3, -0.25) is 0 Å². The number of aromatic hydroxyl groups is 1. The Balaban J connectivity index is 2.31. The van der Waals surface area contributed by atoms with Crippen molar-refractivity contribution in [3.05, 3.63) is 41.5 Å². The predicted molar refractivity (Wildman–Crippen MR) is 69.5 cm³/mol. The van der Waals surface area contributed by atoms with E-state index >= 15 is 0 Å². The summed E-state index contributed by atoms with van der Waals surface area (Å²) in [4.78, 5) is 4.10. The highest BCUT2D eigenvalue weighted by Gasteiger charge is 2.06. The second kappa shape index (κ2) is 4.63. The van der Waals surface area contributed by atoms with Gasteiger partial charge in [0.2, 0.25) is 0 Å². The van der Waals surface area contributed by atoms with E-state index in [0.29, 0.717) is 11.4 Å². The van der Waals surface area contributed by atoms with Gasteiger partial charge >= 0.3 is 0 Å². The minimum absolute atomic E-state index is 0.198. The number of nitrogen functional groups attached to an aromatic ring is 1. The summed E-state index contributed by atoms with van der Waals surface area (Å²) in [5, 5.41) is 21.1. The number of rotatable bonds is 2. The number of phenolic OH excluding ortho intramolecular Hbond substituents is 1. The molecule has 0 atom stereocenters. The molecule has 0 saturated carbocycles. The van der Waals surface area contributed by atoms with Crippen molar-refractivity contribution in [2.75, 3.05) is 11.1 Å². The SMILES string of the molecule is Cc1cc(Nc2ccc(O)cc2)nc(N)c1C#N. The molecule has 2 aromatic rings. The van der Waals surface area contributed by atoms with Crippen LogP contribution in [0.5, 0.6) is 5.75 Å². The van der Waals surface area contributed by atoms with E-state index in [0.717, 1.165) is 11.3 Å². The number of nitrogens with zero attached hydrogens (tertiary/aromatic N) is 2. The van der Waals surface area contributed by atoms with Gasteiger partial charge in [-0.2, -0.15) is 5.26 Å². The van der Waals surface area contributed by atoms with Crippen LogP contribution in [0.15, 0.2) is 30.3 Å². The number of nitriles is 1. The standard InChI is InChI=1S/C13H12N4O/c1-8-6-12(17-13(15)11(8)7-14)16-9-2-4-10(18)5-3-9/h2-6,18H,1H3,(H3,15,16,17). The van der Waals surface area contributed by atoms with Crippen molar-refractivity contribution < 1.29 is 5.11 Å². The number of aromatic nitrogens is 1. The number of nitrogens with one attached hydrogen (secondary N) is 1. The Hall–Kier alpha value is -2.74. The van der Waals surface area contributed by atoms with Gasteiger partial charge in [-0.25, -0.2) is 4.98 Å². The average molecular weight is 240 g/mol. The second-order valence-corrected chi connectivity index (χ2v) is 3.87. The maximum Gasteiger partial charge on any atom is 0.144 e. The maximum absolute atomic E-state index is 9.18. The van der Waals surface area contributed by atoms with Crippen LogP contribution < -0.4 is 11.1 Å². The first-order valence-corrected chi connectivity index (χ1v) is 5.33. The first-order chi connectivity index (χ1) is 8.60. The molecule has 5 nitrogen and oxygen atoms in total. The van der Waals surface area contributed by atoms with Crippen molar-refractivity contribution in [1.82, 2.24) is 4.98 Å². The molecule has 18 heavy (non-hydrogen) atoms. The molecule has 0 saturated heterocycles. The Morgan fingerprint density at radius 1 is 1.33 bits per heavy atom. The van der Waals surface area contributed by atoms with Gasteiger partial charge in [0.05, 0.1) is 5.56 Å². The summed E-state index contributed by atoms with van der Waals surface area (Å²) in [6, 6.07) is 10.4. The third-order valence-corrected chi connectivity index (χ3v) is 2.50.